The van der Waals surface area contributed by atoms with E-state index in [0.717, 1.165) is 13.1 Å². The van der Waals surface area contributed by atoms with Gasteiger partial charge in [-0.1, -0.05) is 32.1 Å². The van der Waals surface area contributed by atoms with Crippen molar-refractivity contribution in [3.8, 4) is 0 Å². The fourth-order valence-corrected chi connectivity index (χ4v) is 2.80. The van der Waals surface area contributed by atoms with Crippen molar-refractivity contribution in [3.63, 3.8) is 0 Å². The van der Waals surface area contributed by atoms with Crippen molar-refractivity contribution in [3.05, 3.63) is 24.3 Å². The Morgan fingerprint density at radius 1 is 1.35 bits per heavy atom. The Hall–Kier alpha value is -1.62. The van der Waals surface area contributed by atoms with E-state index in [0.29, 0.717) is 0 Å². The minimum Gasteiger partial charge on any atom is -0.481 e. The zero-order valence-corrected chi connectivity index (χ0v) is 12.5. The molecular formula is C15H23NO4. The predicted octanol–water partition coefficient (Wildman–Crippen LogP) is 1.85. The van der Waals surface area contributed by atoms with Crippen molar-refractivity contribution in [1.29, 1.82) is 0 Å². The molecule has 0 radical (unpaired) electrons. The number of aliphatic carboxylic acids is 1. The molecule has 0 fully saturated rings. The third-order valence-corrected chi connectivity index (χ3v) is 3.86. The lowest BCUT2D eigenvalue weighted by molar-refractivity contribution is -0.170. The van der Waals surface area contributed by atoms with Crippen LogP contribution in [-0.4, -0.2) is 46.7 Å². The Balaban J connectivity index is 3.26. The first kappa shape index (κ1) is 16.4. The molecule has 0 aromatic rings. The van der Waals surface area contributed by atoms with Gasteiger partial charge in [-0.2, -0.15) is 0 Å². The lowest BCUT2D eigenvalue weighted by Crippen LogP contribution is -2.58. The summed E-state index contributed by atoms with van der Waals surface area (Å²) in [5.41, 5.74) is -1.17. The molecule has 3 unspecified atom stereocenters. The molecule has 0 spiro atoms. The van der Waals surface area contributed by atoms with Crippen LogP contribution in [0.2, 0.25) is 0 Å². The maximum atomic E-state index is 11.6. The SMILES string of the molecule is CCN(CC)C(C)C1(OC(C)=O)C=CC=CC1C(=O)O. The lowest BCUT2D eigenvalue weighted by Gasteiger charge is -2.44. The van der Waals surface area contributed by atoms with E-state index < -0.39 is 23.5 Å². The molecule has 20 heavy (non-hydrogen) atoms. The molecule has 3 atom stereocenters. The molecule has 0 aliphatic heterocycles. The molecule has 5 nitrogen and oxygen atoms in total. The van der Waals surface area contributed by atoms with Gasteiger partial charge in [0, 0.05) is 6.92 Å². The van der Waals surface area contributed by atoms with E-state index >= 15 is 0 Å². The first-order valence-corrected chi connectivity index (χ1v) is 6.91. The Morgan fingerprint density at radius 3 is 2.40 bits per heavy atom. The van der Waals surface area contributed by atoms with Gasteiger partial charge in [0.2, 0.25) is 0 Å². The van der Waals surface area contributed by atoms with E-state index in [1.165, 1.54) is 6.92 Å². The van der Waals surface area contributed by atoms with Gasteiger partial charge in [0.05, 0.1) is 6.04 Å². The molecule has 112 valence electrons. The number of carbonyl (C=O) groups excluding carboxylic acids is 1. The minimum absolute atomic E-state index is 0.233. The van der Waals surface area contributed by atoms with E-state index in [4.69, 9.17) is 4.74 Å². The van der Waals surface area contributed by atoms with Gasteiger partial charge in [0.1, 0.15) is 5.92 Å². The standard InChI is InChI=1S/C15H23NO4/c1-5-16(6-2)11(3)15(20-12(4)17)10-8-7-9-13(15)14(18)19/h7-11,13H,5-6H2,1-4H3,(H,18,19). The van der Waals surface area contributed by atoms with Crippen molar-refractivity contribution in [2.24, 2.45) is 5.92 Å². The summed E-state index contributed by atoms with van der Waals surface area (Å²) in [7, 11) is 0. The predicted molar refractivity (Wildman–Crippen MR) is 76.3 cm³/mol. The summed E-state index contributed by atoms with van der Waals surface area (Å²) >= 11 is 0. The van der Waals surface area contributed by atoms with E-state index in [9.17, 15) is 14.7 Å². The molecule has 0 aromatic carbocycles. The fraction of sp³-hybridized carbons (Fsp3) is 0.600. The van der Waals surface area contributed by atoms with Gasteiger partial charge < -0.3 is 9.84 Å². The summed E-state index contributed by atoms with van der Waals surface area (Å²) in [6.07, 6.45) is 6.68. The highest BCUT2D eigenvalue weighted by Crippen LogP contribution is 2.35. The highest BCUT2D eigenvalue weighted by atomic mass is 16.6. The number of ether oxygens (including phenoxy) is 1. The Kier molecular flexibility index (Phi) is 5.51. The highest BCUT2D eigenvalue weighted by molar-refractivity contribution is 5.77. The highest BCUT2D eigenvalue weighted by Gasteiger charge is 2.49. The molecule has 1 aliphatic carbocycles. The van der Waals surface area contributed by atoms with Crippen LogP contribution in [0.15, 0.2) is 24.3 Å². The number of carboxylic acid groups (broad SMARTS) is 1. The number of hydrogen-bond acceptors (Lipinski definition) is 4. The maximum absolute atomic E-state index is 11.6. The number of hydrogen-bond donors (Lipinski definition) is 1. The molecule has 5 heteroatoms. The van der Waals surface area contributed by atoms with Crippen LogP contribution in [-0.2, 0) is 14.3 Å². The summed E-state index contributed by atoms with van der Waals surface area (Å²) in [6.45, 7) is 8.71. The molecule has 1 rings (SSSR count). The van der Waals surface area contributed by atoms with E-state index in [2.05, 4.69) is 4.90 Å². The second kappa shape index (κ2) is 6.70. The van der Waals surface area contributed by atoms with E-state index in [1.807, 2.05) is 20.8 Å². The average Bonchev–Trinajstić information content (AvgIpc) is 2.39. The minimum atomic E-state index is -1.17. The fourth-order valence-electron chi connectivity index (χ4n) is 2.80. The number of esters is 1. The molecule has 0 saturated heterocycles. The van der Waals surface area contributed by atoms with E-state index in [-0.39, 0.29) is 6.04 Å². The van der Waals surface area contributed by atoms with Crippen LogP contribution in [0.3, 0.4) is 0 Å². The number of rotatable bonds is 6. The van der Waals surface area contributed by atoms with Crippen LogP contribution in [0, 0.1) is 5.92 Å². The first-order chi connectivity index (χ1) is 9.39. The summed E-state index contributed by atoms with van der Waals surface area (Å²) in [4.78, 5) is 25.1. The van der Waals surface area contributed by atoms with Crippen LogP contribution >= 0.6 is 0 Å². The van der Waals surface area contributed by atoms with Crippen molar-refractivity contribution >= 4 is 11.9 Å². The first-order valence-electron chi connectivity index (χ1n) is 6.91. The summed E-state index contributed by atoms with van der Waals surface area (Å²) in [5, 5.41) is 9.47. The second-order valence-electron chi connectivity index (χ2n) is 4.90. The van der Waals surface area contributed by atoms with Crippen molar-refractivity contribution in [2.45, 2.75) is 39.3 Å². The van der Waals surface area contributed by atoms with Crippen molar-refractivity contribution in [2.75, 3.05) is 13.1 Å². The number of carbonyl (C=O) groups is 2. The van der Waals surface area contributed by atoms with Crippen LogP contribution < -0.4 is 0 Å². The van der Waals surface area contributed by atoms with Crippen LogP contribution in [0.1, 0.15) is 27.7 Å². The molecule has 0 heterocycles. The Labute approximate surface area is 119 Å². The third kappa shape index (κ3) is 3.10. The van der Waals surface area contributed by atoms with Crippen LogP contribution in [0.25, 0.3) is 0 Å². The maximum Gasteiger partial charge on any atom is 0.314 e. The van der Waals surface area contributed by atoms with Crippen molar-refractivity contribution in [1.82, 2.24) is 4.90 Å². The second-order valence-corrected chi connectivity index (χ2v) is 4.90. The number of nitrogens with zero attached hydrogens (tertiary/aromatic N) is 1. The zero-order valence-electron chi connectivity index (χ0n) is 12.5. The largest absolute Gasteiger partial charge is 0.481 e. The van der Waals surface area contributed by atoms with Gasteiger partial charge in [-0.05, 0) is 26.1 Å². The average molecular weight is 281 g/mol. The van der Waals surface area contributed by atoms with E-state index in [1.54, 1.807) is 24.3 Å². The topological polar surface area (TPSA) is 66.8 Å². The molecule has 0 bridgehead atoms. The third-order valence-electron chi connectivity index (χ3n) is 3.86. The summed E-state index contributed by atoms with van der Waals surface area (Å²) < 4.78 is 5.50. The molecule has 0 saturated carbocycles. The monoisotopic (exact) mass is 281 g/mol. The normalized spacial score (nSPS) is 26.6. The number of carboxylic acids is 1. The molecule has 0 amide bonds. The molecular weight excluding hydrogens is 258 g/mol. The van der Waals surface area contributed by atoms with Crippen LogP contribution in [0.4, 0.5) is 0 Å². The van der Waals surface area contributed by atoms with Gasteiger partial charge in [0.25, 0.3) is 0 Å². The summed E-state index contributed by atoms with van der Waals surface area (Å²) in [5.74, 6) is -2.35. The quantitative estimate of drug-likeness (QED) is 0.753. The van der Waals surface area contributed by atoms with Crippen molar-refractivity contribution < 1.29 is 19.4 Å². The molecule has 1 N–H and O–H groups in total. The van der Waals surface area contributed by atoms with Gasteiger partial charge in [-0.3, -0.25) is 14.5 Å². The summed E-state index contributed by atoms with van der Waals surface area (Å²) in [6, 6.07) is -0.233. The molecule has 0 aromatic heterocycles. The zero-order chi connectivity index (χ0) is 15.3. The van der Waals surface area contributed by atoms with Gasteiger partial charge in [0.15, 0.2) is 5.60 Å². The van der Waals surface area contributed by atoms with Crippen LogP contribution in [0.5, 0.6) is 0 Å². The number of likely N-dealkylation sites (N-methyl/N-ethyl adjacent to an activating group) is 1. The smallest absolute Gasteiger partial charge is 0.314 e. The van der Waals surface area contributed by atoms with Gasteiger partial charge in [-0.15, -0.1) is 0 Å². The van der Waals surface area contributed by atoms with Gasteiger partial charge >= 0.3 is 11.9 Å². The lowest BCUT2D eigenvalue weighted by atomic mass is 9.77. The molecule has 1 aliphatic rings. The Bertz CT molecular complexity index is 426. The number of allylic oxidation sites excluding steroid dienone is 2. The Morgan fingerprint density at radius 2 is 1.95 bits per heavy atom. The van der Waals surface area contributed by atoms with Gasteiger partial charge in [-0.25, -0.2) is 0 Å².